The summed E-state index contributed by atoms with van der Waals surface area (Å²) in [6.07, 6.45) is 3.45. The van der Waals surface area contributed by atoms with Gasteiger partial charge >= 0.3 is 0 Å². The first kappa shape index (κ1) is 13.1. The third-order valence-electron chi connectivity index (χ3n) is 3.19. The molecule has 0 atom stereocenters. The molecule has 3 aromatic rings. The average Bonchev–Trinajstić information content (AvgIpc) is 3.04. The maximum absolute atomic E-state index is 12.1. The molecular weight excluding hydrogens is 262 g/mol. The van der Waals surface area contributed by atoms with Crippen molar-refractivity contribution < 1.29 is 4.79 Å². The fourth-order valence-corrected chi connectivity index (χ4v) is 2.09. The maximum atomic E-state index is 12.1. The molecular formula is C17H15N3O. The number of H-pyrrole nitrogens is 1. The minimum absolute atomic E-state index is 0.124. The lowest BCUT2D eigenvalue weighted by molar-refractivity contribution is 0.0946. The lowest BCUT2D eigenvalue weighted by atomic mass is 10.2. The van der Waals surface area contributed by atoms with Crippen LogP contribution in [0.25, 0.3) is 11.3 Å². The largest absolute Gasteiger partial charge is 0.351 e. The second-order valence-electron chi connectivity index (χ2n) is 4.70. The van der Waals surface area contributed by atoms with E-state index in [9.17, 15) is 4.79 Å². The molecule has 0 unspecified atom stereocenters. The van der Waals surface area contributed by atoms with Crippen molar-refractivity contribution in [2.75, 3.05) is 0 Å². The summed E-state index contributed by atoms with van der Waals surface area (Å²) < 4.78 is 0. The lowest BCUT2D eigenvalue weighted by Gasteiger charge is -2.03. The van der Waals surface area contributed by atoms with Crippen molar-refractivity contribution >= 4 is 5.91 Å². The van der Waals surface area contributed by atoms with Gasteiger partial charge in [0.05, 0.1) is 0 Å². The zero-order valence-corrected chi connectivity index (χ0v) is 11.4. The molecule has 104 valence electrons. The summed E-state index contributed by atoms with van der Waals surface area (Å²) in [7, 11) is 0. The van der Waals surface area contributed by atoms with E-state index in [1.165, 1.54) is 0 Å². The van der Waals surface area contributed by atoms with Crippen LogP contribution in [0.15, 0.2) is 67.0 Å². The Labute approximate surface area is 122 Å². The molecule has 4 heteroatoms. The van der Waals surface area contributed by atoms with Gasteiger partial charge in [0.25, 0.3) is 5.91 Å². The molecule has 1 aromatic carbocycles. The highest BCUT2D eigenvalue weighted by Crippen LogP contribution is 2.17. The molecule has 0 saturated carbocycles. The second-order valence-corrected chi connectivity index (χ2v) is 4.70. The molecule has 0 saturated heterocycles. The minimum Gasteiger partial charge on any atom is -0.351 e. The number of benzene rings is 1. The Morgan fingerprint density at radius 2 is 1.90 bits per heavy atom. The molecule has 0 radical (unpaired) electrons. The topological polar surface area (TPSA) is 57.8 Å². The Bertz CT molecular complexity index is 720. The van der Waals surface area contributed by atoms with Gasteiger partial charge in [0.2, 0.25) is 0 Å². The number of nitrogens with one attached hydrogen (secondary N) is 2. The third-order valence-corrected chi connectivity index (χ3v) is 3.19. The van der Waals surface area contributed by atoms with E-state index in [4.69, 9.17) is 0 Å². The zero-order chi connectivity index (χ0) is 14.5. The Balaban J connectivity index is 1.67. The minimum atomic E-state index is -0.124. The van der Waals surface area contributed by atoms with Gasteiger partial charge in [-0.3, -0.25) is 9.78 Å². The monoisotopic (exact) mass is 277 g/mol. The van der Waals surface area contributed by atoms with Gasteiger partial charge in [-0.2, -0.15) is 0 Å². The molecule has 0 aliphatic carbocycles. The Morgan fingerprint density at radius 3 is 2.67 bits per heavy atom. The van der Waals surface area contributed by atoms with E-state index in [0.717, 1.165) is 16.8 Å². The Hall–Kier alpha value is -2.88. The van der Waals surface area contributed by atoms with Crippen LogP contribution in [-0.4, -0.2) is 15.9 Å². The molecule has 0 spiro atoms. The fraction of sp³-hybridized carbons (Fsp3) is 0.0588. The number of hydrogen-bond acceptors (Lipinski definition) is 2. The van der Waals surface area contributed by atoms with E-state index in [0.29, 0.717) is 12.2 Å². The van der Waals surface area contributed by atoms with Crippen molar-refractivity contribution in [3.05, 3.63) is 78.2 Å². The van der Waals surface area contributed by atoms with Crippen molar-refractivity contribution in [2.24, 2.45) is 0 Å². The molecule has 2 aromatic heterocycles. The summed E-state index contributed by atoms with van der Waals surface area (Å²) in [5.41, 5.74) is 3.52. The van der Waals surface area contributed by atoms with E-state index in [-0.39, 0.29) is 5.91 Å². The van der Waals surface area contributed by atoms with E-state index in [1.807, 2.05) is 48.5 Å². The Kier molecular flexibility index (Phi) is 3.78. The molecule has 2 N–H and O–H groups in total. The van der Waals surface area contributed by atoms with Gasteiger partial charge in [-0.1, -0.05) is 36.4 Å². The quantitative estimate of drug-likeness (QED) is 0.770. The standard InChI is InChI=1S/C17H15N3O/c21-17(19-12-13-5-4-10-18-11-13)16-9-8-15(20-16)14-6-2-1-3-7-14/h1-11,20H,12H2,(H,19,21). The van der Waals surface area contributed by atoms with Crippen molar-refractivity contribution in [2.45, 2.75) is 6.54 Å². The van der Waals surface area contributed by atoms with Crippen LogP contribution >= 0.6 is 0 Å². The summed E-state index contributed by atoms with van der Waals surface area (Å²) in [4.78, 5) is 19.3. The molecule has 1 amide bonds. The van der Waals surface area contributed by atoms with Crippen LogP contribution in [0.4, 0.5) is 0 Å². The van der Waals surface area contributed by atoms with E-state index in [1.54, 1.807) is 18.5 Å². The van der Waals surface area contributed by atoms with Gasteiger partial charge in [0.15, 0.2) is 0 Å². The highest BCUT2D eigenvalue weighted by atomic mass is 16.1. The first-order valence-electron chi connectivity index (χ1n) is 6.74. The summed E-state index contributed by atoms with van der Waals surface area (Å²) >= 11 is 0. The van der Waals surface area contributed by atoms with Crippen LogP contribution in [-0.2, 0) is 6.54 Å². The molecule has 0 bridgehead atoms. The van der Waals surface area contributed by atoms with Crippen LogP contribution < -0.4 is 5.32 Å². The predicted molar refractivity (Wildman–Crippen MR) is 81.6 cm³/mol. The third kappa shape index (κ3) is 3.17. The van der Waals surface area contributed by atoms with Crippen molar-refractivity contribution in [1.82, 2.24) is 15.3 Å². The van der Waals surface area contributed by atoms with E-state index < -0.39 is 0 Å². The van der Waals surface area contributed by atoms with Crippen molar-refractivity contribution in [3.8, 4) is 11.3 Å². The second kappa shape index (κ2) is 6.05. The molecule has 0 fully saturated rings. The maximum Gasteiger partial charge on any atom is 0.267 e. The molecule has 3 rings (SSSR count). The smallest absolute Gasteiger partial charge is 0.267 e. The normalized spacial score (nSPS) is 10.3. The van der Waals surface area contributed by atoms with Gasteiger partial charge in [0.1, 0.15) is 5.69 Å². The van der Waals surface area contributed by atoms with Crippen LogP contribution in [0.1, 0.15) is 16.1 Å². The fourth-order valence-electron chi connectivity index (χ4n) is 2.09. The first-order chi connectivity index (χ1) is 10.3. The highest BCUT2D eigenvalue weighted by Gasteiger charge is 2.08. The molecule has 0 aliphatic rings. The lowest BCUT2D eigenvalue weighted by Crippen LogP contribution is -2.23. The Morgan fingerprint density at radius 1 is 1.05 bits per heavy atom. The molecule has 4 nitrogen and oxygen atoms in total. The van der Waals surface area contributed by atoms with Crippen molar-refractivity contribution in [3.63, 3.8) is 0 Å². The van der Waals surface area contributed by atoms with Crippen LogP contribution in [0.2, 0.25) is 0 Å². The van der Waals surface area contributed by atoms with E-state index >= 15 is 0 Å². The van der Waals surface area contributed by atoms with E-state index in [2.05, 4.69) is 15.3 Å². The van der Waals surface area contributed by atoms with Gasteiger partial charge in [-0.05, 0) is 29.3 Å². The number of aromatic nitrogens is 2. The summed E-state index contributed by atoms with van der Waals surface area (Å²) in [6.45, 7) is 0.465. The van der Waals surface area contributed by atoms with Gasteiger partial charge in [-0.25, -0.2) is 0 Å². The number of carbonyl (C=O) groups excluding carboxylic acids is 1. The number of rotatable bonds is 4. The summed E-state index contributed by atoms with van der Waals surface area (Å²) in [5.74, 6) is -0.124. The molecule has 2 heterocycles. The zero-order valence-electron chi connectivity index (χ0n) is 11.4. The van der Waals surface area contributed by atoms with Crippen molar-refractivity contribution in [1.29, 1.82) is 0 Å². The van der Waals surface area contributed by atoms with Crippen LogP contribution in [0.3, 0.4) is 0 Å². The van der Waals surface area contributed by atoms with Crippen LogP contribution in [0.5, 0.6) is 0 Å². The number of nitrogens with zero attached hydrogens (tertiary/aromatic N) is 1. The average molecular weight is 277 g/mol. The first-order valence-corrected chi connectivity index (χ1v) is 6.74. The molecule has 0 aliphatic heterocycles. The van der Waals surface area contributed by atoms with Gasteiger partial charge in [-0.15, -0.1) is 0 Å². The van der Waals surface area contributed by atoms with Gasteiger partial charge in [0, 0.05) is 24.6 Å². The number of hydrogen-bond donors (Lipinski definition) is 2. The number of carbonyl (C=O) groups is 1. The van der Waals surface area contributed by atoms with Crippen LogP contribution in [0, 0.1) is 0 Å². The highest BCUT2D eigenvalue weighted by molar-refractivity contribution is 5.93. The number of amides is 1. The number of pyridine rings is 1. The number of aromatic amines is 1. The van der Waals surface area contributed by atoms with Gasteiger partial charge < -0.3 is 10.3 Å². The molecule has 21 heavy (non-hydrogen) atoms. The summed E-state index contributed by atoms with van der Waals surface area (Å²) in [6, 6.07) is 17.4. The summed E-state index contributed by atoms with van der Waals surface area (Å²) in [5, 5.41) is 2.87. The SMILES string of the molecule is O=C(NCc1cccnc1)c1ccc(-c2ccccc2)[nH]1. The predicted octanol–water partition coefficient (Wildman–Crippen LogP) is 3.01.